The summed E-state index contributed by atoms with van der Waals surface area (Å²) in [6.45, 7) is 6.74. The topological polar surface area (TPSA) is 75.7 Å². The van der Waals surface area contributed by atoms with E-state index in [1.165, 1.54) is 16.4 Å². The molecule has 1 fully saturated rings. The van der Waals surface area contributed by atoms with Crippen molar-refractivity contribution in [1.29, 1.82) is 0 Å². The summed E-state index contributed by atoms with van der Waals surface area (Å²) in [6, 6.07) is 11.9. The fraction of sp³-hybridized carbons (Fsp3) is 0.350. The molecular weight excluding hydrogens is 364 g/mol. The summed E-state index contributed by atoms with van der Waals surface area (Å²) in [5, 5.41) is 2.84. The number of anilines is 1. The zero-order valence-electron chi connectivity index (χ0n) is 15.7. The van der Waals surface area contributed by atoms with Crippen LogP contribution in [0.1, 0.15) is 28.4 Å². The van der Waals surface area contributed by atoms with Crippen LogP contribution in [0, 0.1) is 13.8 Å². The third-order valence-electron chi connectivity index (χ3n) is 4.42. The Kier molecular flexibility index (Phi) is 5.64. The van der Waals surface area contributed by atoms with E-state index in [-0.39, 0.29) is 16.9 Å². The molecule has 0 aliphatic carbocycles. The van der Waals surface area contributed by atoms with E-state index in [1.54, 1.807) is 12.1 Å². The average Bonchev–Trinajstić information content (AvgIpc) is 2.61. The van der Waals surface area contributed by atoms with E-state index in [0.717, 1.165) is 11.1 Å². The number of ether oxygens (including phenoxy) is 1. The Morgan fingerprint density at radius 2 is 1.85 bits per heavy atom. The minimum absolute atomic E-state index is 0.115. The van der Waals surface area contributed by atoms with Gasteiger partial charge in [-0.25, -0.2) is 8.42 Å². The zero-order valence-corrected chi connectivity index (χ0v) is 16.5. The van der Waals surface area contributed by atoms with Crippen LogP contribution in [0.2, 0.25) is 0 Å². The van der Waals surface area contributed by atoms with Gasteiger partial charge in [-0.3, -0.25) is 4.79 Å². The first kappa shape index (κ1) is 19.5. The summed E-state index contributed by atoms with van der Waals surface area (Å²) >= 11 is 0. The number of sulfonamides is 1. The lowest BCUT2D eigenvalue weighted by Crippen LogP contribution is -2.44. The molecule has 1 heterocycles. The van der Waals surface area contributed by atoms with Gasteiger partial charge >= 0.3 is 0 Å². The van der Waals surface area contributed by atoms with Crippen LogP contribution in [0.4, 0.5) is 5.69 Å². The molecule has 2 aromatic rings. The van der Waals surface area contributed by atoms with Crippen molar-refractivity contribution in [2.24, 2.45) is 0 Å². The van der Waals surface area contributed by atoms with Crippen LogP contribution < -0.4 is 5.32 Å². The fourth-order valence-electron chi connectivity index (χ4n) is 3.20. The summed E-state index contributed by atoms with van der Waals surface area (Å²) < 4.78 is 32.6. The second-order valence-corrected chi connectivity index (χ2v) is 8.84. The number of amides is 1. The predicted molar refractivity (Wildman–Crippen MR) is 104 cm³/mol. The molecule has 0 bridgehead atoms. The Morgan fingerprint density at radius 1 is 1.15 bits per heavy atom. The summed E-state index contributed by atoms with van der Waals surface area (Å²) in [4.78, 5) is 12.7. The van der Waals surface area contributed by atoms with Gasteiger partial charge in [0.25, 0.3) is 5.91 Å². The Labute approximate surface area is 160 Å². The van der Waals surface area contributed by atoms with E-state index in [2.05, 4.69) is 5.32 Å². The standard InChI is InChI=1S/C20H24N2O4S/c1-14-9-15(2)11-18(10-14)21-20(23)17-5-4-6-19(12-17)27(24,25)22-7-8-26-16(3)13-22/h4-6,9-12,16H,7-8,13H2,1-3H3,(H,21,23). The molecule has 144 valence electrons. The van der Waals surface area contributed by atoms with Gasteiger partial charge in [-0.2, -0.15) is 4.31 Å². The summed E-state index contributed by atoms with van der Waals surface area (Å²) in [5.41, 5.74) is 3.08. The molecule has 1 unspecified atom stereocenters. The molecule has 1 atom stereocenters. The van der Waals surface area contributed by atoms with Crippen LogP contribution in [0.15, 0.2) is 47.4 Å². The van der Waals surface area contributed by atoms with E-state index in [9.17, 15) is 13.2 Å². The van der Waals surface area contributed by atoms with E-state index in [4.69, 9.17) is 4.74 Å². The number of rotatable bonds is 4. The van der Waals surface area contributed by atoms with Gasteiger partial charge in [-0.1, -0.05) is 12.1 Å². The molecule has 27 heavy (non-hydrogen) atoms. The first-order valence-corrected chi connectivity index (χ1v) is 10.3. The molecular formula is C20H24N2O4S. The van der Waals surface area contributed by atoms with Gasteiger partial charge < -0.3 is 10.1 Å². The van der Waals surface area contributed by atoms with Crippen molar-refractivity contribution >= 4 is 21.6 Å². The monoisotopic (exact) mass is 388 g/mol. The third kappa shape index (κ3) is 4.55. The molecule has 1 N–H and O–H groups in total. The highest BCUT2D eigenvalue weighted by Crippen LogP contribution is 2.21. The van der Waals surface area contributed by atoms with E-state index < -0.39 is 10.0 Å². The Hall–Kier alpha value is -2.22. The smallest absolute Gasteiger partial charge is 0.255 e. The van der Waals surface area contributed by atoms with Gasteiger partial charge in [0.2, 0.25) is 10.0 Å². The fourth-order valence-corrected chi connectivity index (χ4v) is 4.75. The minimum Gasteiger partial charge on any atom is -0.376 e. The molecule has 0 saturated carbocycles. The highest BCUT2D eigenvalue weighted by atomic mass is 32.2. The molecule has 3 rings (SSSR count). The van der Waals surface area contributed by atoms with E-state index in [1.807, 2.05) is 39.0 Å². The van der Waals surface area contributed by atoms with Gasteiger partial charge in [0.05, 0.1) is 17.6 Å². The maximum Gasteiger partial charge on any atom is 0.255 e. The highest BCUT2D eigenvalue weighted by molar-refractivity contribution is 7.89. The van der Waals surface area contributed by atoms with Crippen molar-refractivity contribution in [2.75, 3.05) is 25.0 Å². The molecule has 1 amide bonds. The predicted octanol–water partition coefficient (Wildman–Crippen LogP) is 2.97. The van der Waals surface area contributed by atoms with Gasteiger partial charge in [0.1, 0.15) is 0 Å². The molecule has 0 spiro atoms. The zero-order chi connectivity index (χ0) is 19.6. The quantitative estimate of drug-likeness (QED) is 0.874. The molecule has 0 aromatic heterocycles. The minimum atomic E-state index is -3.66. The summed E-state index contributed by atoms with van der Waals surface area (Å²) in [7, 11) is -3.66. The van der Waals surface area contributed by atoms with Crippen LogP contribution in [-0.2, 0) is 14.8 Å². The number of hydrogen-bond acceptors (Lipinski definition) is 4. The Bertz CT molecular complexity index is 936. The molecule has 0 radical (unpaired) electrons. The van der Waals surface area contributed by atoms with Crippen LogP contribution in [-0.4, -0.2) is 44.4 Å². The number of carbonyl (C=O) groups excluding carboxylic acids is 1. The number of carbonyl (C=O) groups is 1. The van der Waals surface area contributed by atoms with Gasteiger partial charge in [-0.05, 0) is 62.2 Å². The highest BCUT2D eigenvalue weighted by Gasteiger charge is 2.29. The Morgan fingerprint density at radius 3 is 2.52 bits per heavy atom. The largest absolute Gasteiger partial charge is 0.376 e. The van der Waals surface area contributed by atoms with Crippen LogP contribution in [0.5, 0.6) is 0 Å². The maximum absolute atomic E-state index is 12.9. The molecule has 2 aromatic carbocycles. The van der Waals surface area contributed by atoms with Crippen molar-refractivity contribution in [3.8, 4) is 0 Å². The number of hydrogen-bond donors (Lipinski definition) is 1. The van der Waals surface area contributed by atoms with Crippen molar-refractivity contribution in [1.82, 2.24) is 4.31 Å². The molecule has 1 saturated heterocycles. The van der Waals surface area contributed by atoms with Gasteiger partial charge in [-0.15, -0.1) is 0 Å². The first-order valence-electron chi connectivity index (χ1n) is 8.87. The van der Waals surface area contributed by atoms with Crippen molar-refractivity contribution in [3.05, 3.63) is 59.2 Å². The summed E-state index contributed by atoms with van der Waals surface area (Å²) in [5.74, 6) is -0.340. The second-order valence-electron chi connectivity index (χ2n) is 6.90. The average molecular weight is 388 g/mol. The third-order valence-corrected chi connectivity index (χ3v) is 6.28. The van der Waals surface area contributed by atoms with E-state index >= 15 is 0 Å². The van der Waals surface area contributed by atoms with Gasteiger partial charge in [0.15, 0.2) is 0 Å². The number of morpholine rings is 1. The second kappa shape index (κ2) is 7.80. The lowest BCUT2D eigenvalue weighted by atomic mass is 10.1. The number of nitrogens with one attached hydrogen (secondary N) is 1. The first-order chi connectivity index (χ1) is 12.8. The normalized spacial score (nSPS) is 18.3. The van der Waals surface area contributed by atoms with Gasteiger partial charge in [0, 0.05) is 24.3 Å². The summed E-state index contributed by atoms with van der Waals surface area (Å²) in [6.07, 6.45) is -0.149. The number of nitrogens with zero attached hydrogens (tertiary/aromatic N) is 1. The van der Waals surface area contributed by atoms with E-state index in [0.29, 0.717) is 30.9 Å². The number of aryl methyl sites for hydroxylation is 2. The Balaban J connectivity index is 1.83. The van der Waals surface area contributed by atoms with Crippen LogP contribution in [0.3, 0.4) is 0 Å². The van der Waals surface area contributed by atoms with Crippen LogP contribution >= 0.6 is 0 Å². The molecule has 7 heteroatoms. The molecule has 1 aliphatic heterocycles. The lowest BCUT2D eigenvalue weighted by Gasteiger charge is -2.30. The number of benzene rings is 2. The van der Waals surface area contributed by atoms with Crippen molar-refractivity contribution < 1.29 is 17.9 Å². The molecule has 6 nitrogen and oxygen atoms in total. The van der Waals surface area contributed by atoms with Crippen molar-refractivity contribution in [2.45, 2.75) is 31.8 Å². The lowest BCUT2D eigenvalue weighted by molar-refractivity contribution is 0.0102. The maximum atomic E-state index is 12.9. The molecule has 1 aliphatic rings. The van der Waals surface area contributed by atoms with Crippen molar-refractivity contribution in [3.63, 3.8) is 0 Å². The SMILES string of the molecule is Cc1cc(C)cc(NC(=O)c2cccc(S(=O)(=O)N3CCOC(C)C3)c2)c1. The van der Waals surface area contributed by atoms with Crippen LogP contribution in [0.25, 0.3) is 0 Å².